The molecule has 136 valence electrons. The lowest BCUT2D eigenvalue weighted by Gasteiger charge is -2.28. The molecular formula is C16H21N3O4S2. The molecule has 1 aliphatic rings. The van der Waals surface area contributed by atoms with Gasteiger partial charge in [0.1, 0.15) is 9.97 Å². The number of nitrogens with one attached hydrogen (secondary N) is 2. The Balaban J connectivity index is 1.69. The molecule has 2 aromatic heterocycles. The van der Waals surface area contributed by atoms with Crippen molar-refractivity contribution in [2.45, 2.75) is 55.7 Å². The van der Waals surface area contributed by atoms with E-state index in [0.29, 0.717) is 28.5 Å². The SMILES string of the molecule is CCc1noc(C)c1CNC(=O)N[C@H]1C[C@H](C)S(=O)(=O)c2sccc21. The van der Waals surface area contributed by atoms with Crippen molar-refractivity contribution in [3.8, 4) is 0 Å². The van der Waals surface area contributed by atoms with Crippen molar-refractivity contribution >= 4 is 27.2 Å². The number of nitrogens with zero attached hydrogens (tertiary/aromatic N) is 1. The van der Waals surface area contributed by atoms with E-state index >= 15 is 0 Å². The fourth-order valence-electron chi connectivity index (χ4n) is 3.02. The normalized spacial score (nSPS) is 21.6. The van der Waals surface area contributed by atoms with Crippen molar-refractivity contribution in [2.75, 3.05) is 0 Å². The Labute approximate surface area is 150 Å². The van der Waals surface area contributed by atoms with Crippen LogP contribution in [0.4, 0.5) is 4.79 Å². The first-order valence-corrected chi connectivity index (χ1v) is 10.6. The van der Waals surface area contributed by atoms with Crippen LogP contribution in [0.3, 0.4) is 0 Å². The fraction of sp³-hybridized carbons (Fsp3) is 0.500. The van der Waals surface area contributed by atoms with Gasteiger partial charge >= 0.3 is 6.03 Å². The van der Waals surface area contributed by atoms with E-state index in [1.807, 2.05) is 13.8 Å². The highest BCUT2D eigenvalue weighted by molar-refractivity contribution is 7.94. The minimum atomic E-state index is -3.28. The zero-order valence-electron chi connectivity index (χ0n) is 14.3. The van der Waals surface area contributed by atoms with Gasteiger partial charge in [-0.3, -0.25) is 0 Å². The molecule has 0 saturated carbocycles. The number of aromatic nitrogens is 1. The van der Waals surface area contributed by atoms with Crippen LogP contribution in [0.1, 0.15) is 48.9 Å². The average Bonchev–Trinajstić information content (AvgIpc) is 3.18. The lowest BCUT2D eigenvalue weighted by Crippen LogP contribution is -2.41. The Morgan fingerprint density at radius 2 is 2.24 bits per heavy atom. The Hall–Kier alpha value is -1.87. The summed E-state index contributed by atoms with van der Waals surface area (Å²) >= 11 is 1.20. The van der Waals surface area contributed by atoms with E-state index in [4.69, 9.17) is 4.52 Å². The summed E-state index contributed by atoms with van der Waals surface area (Å²) in [6, 6.07) is 1.12. The van der Waals surface area contributed by atoms with Crippen molar-refractivity contribution in [3.05, 3.63) is 34.0 Å². The van der Waals surface area contributed by atoms with E-state index in [1.165, 1.54) is 11.3 Å². The van der Waals surface area contributed by atoms with Crippen LogP contribution < -0.4 is 10.6 Å². The van der Waals surface area contributed by atoms with Crippen molar-refractivity contribution in [1.29, 1.82) is 0 Å². The first-order chi connectivity index (χ1) is 11.8. The molecule has 25 heavy (non-hydrogen) atoms. The lowest BCUT2D eigenvalue weighted by atomic mass is 10.1. The van der Waals surface area contributed by atoms with Gasteiger partial charge in [0, 0.05) is 17.7 Å². The number of hydrogen-bond acceptors (Lipinski definition) is 6. The number of hydrogen-bond donors (Lipinski definition) is 2. The number of thiophene rings is 1. The fourth-order valence-corrected chi connectivity index (χ4v) is 6.25. The molecule has 0 spiro atoms. The highest BCUT2D eigenvalue weighted by Gasteiger charge is 2.37. The summed E-state index contributed by atoms with van der Waals surface area (Å²) in [6.07, 6.45) is 1.10. The monoisotopic (exact) mass is 383 g/mol. The molecule has 2 atom stereocenters. The summed E-state index contributed by atoms with van der Waals surface area (Å²) in [7, 11) is -3.28. The second kappa shape index (κ2) is 6.80. The van der Waals surface area contributed by atoms with Crippen LogP contribution in [-0.2, 0) is 22.8 Å². The van der Waals surface area contributed by atoms with Gasteiger partial charge in [-0.05, 0) is 38.1 Å². The molecule has 0 saturated heterocycles. The van der Waals surface area contributed by atoms with E-state index < -0.39 is 15.1 Å². The highest BCUT2D eigenvalue weighted by Crippen LogP contribution is 2.39. The maximum atomic E-state index is 12.4. The zero-order chi connectivity index (χ0) is 18.2. The molecule has 0 unspecified atom stereocenters. The van der Waals surface area contributed by atoms with Crippen molar-refractivity contribution in [2.24, 2.45) is 0 Å². The van der Waals surface area contributed by atoms with Crippen LogP contribution in [0.5, 0.6) is 0 Å². The van der Waals surface area contributed by atoms with Crippen LogP contribution in [0.15, 0.2) is 20.2 Å². The van der Waals surface area contributed by atoms with Gasteiger partial charge in [-0.1, -0.05) is 12.1 Å². The molecule has 2 N–H and O–H groups in total. The minimum absolute atomic E-state index is 0.311. The second-order valence-electron chi connectivity index (χ2n) is 6.15. The minimum Gasteiger partial charge on any atom is -0.361 e. The smallest absolute Gasteiger partial charge is 0.315 e. The van der Waals surface area contributed by atoms with Gasteiger partial charge in [-0.25, -0.2) is 13.2 Å². The summed E-state index contributed by atoms with van der Waals surface area (Å²) < 4.78 is 30.2. The number of sulfone groups is 1. The van der Waals surface area contributed by atoms with Gasteiger partial charge in [0.2, 0.25) is 0 Å². The molecular weight excluding hydrogens is 362 g/mol. The summed E-state index contributed by atoms with van der Waals surface area (Å²) in [5, 5.41) is 10.9. The molecule has 0 aliphatic carbocycles. The van der Waals surface area contributed by atoms with Crippen LogP contribution in [0.2, 0.25) is 0 Å². The van der Waals surface area contributed by atoms with E-state index in [9.17, 15) is 13.2 Å². The summed E-state index contributed by atoms with van der Waals surface area (Å²) in [6.45, 7) is 5.79. The average molecular weight is 383 g/mol. The predicted octanol–water partition coefficient (Wildman–Crippen LogP) is 2.71. The van der Waals surface area contributed by atoms with Gasteiger partial charge in [0.05, 0.1) is 17.0 Å². The van der Waals surface area contributed by atoms with Crippen LogP contribution >= 0.6 is 11.3 Å². The molecule has 0 radical (unpaired) electrons. The topological polar surface area (TPSA) is 101 Å². The molecule has 2 amide bonds. The maximum absolute atomic E-state index is 12.4. The standard InChI is InChI=1S/C16H21N3O4S2/c1-4-13-12(10(3)23-19-13)8-17-16(20)18-14-7-9(2)25(21,22)15-11(14)5-6-24-15/h5-6,9,14H,4,7-8H2,1-3H3,(H2,17,18,20)/t9-,14-/m0/s1. The molecule has 0 fully saturated rings. The Bertz CT molecular complexity index is 885. The van der Waals surface area contributed by atoms with Crippen molar-refractivity contribution in [3.63, 3.8) is 0 Å². The summed E-state index contributed by atoms with van der Waals surface area (Å²) in [5.74, 6) is 0.689. The molecule has 0 bridgehead atoms. The second-order valence-corrected chi connectivity index (χ2v) is 9.63. The Kier molecular flexibility index (Phi) is 4.88. The van der Waals surface area contributed by atoms with E-state index in [0.717, 1.165) is 17.7 Å². The number of urea groups is 1. The van der Waals surface area contributed by atoms with Gasteiger partial charge < -0.3 is 15.2 Å². The van der Waals surface area contributed by atoms with E-state index in [2.05, 4.69) is 15.8 Å². The van der Waals surface area contributed by atoms with Gasteiger partial charge in [0.25, 0.3) is 0 Å². The third kappa shape index (κ3) is 3.30. The molecule has 2 aromatic rings. The first-order valence-electron chi connectivity index (χ1n) is 8.14. The zero-order valence-corrected chi connectivity index (χ0v) is 16.0. The highest BCUT2D eigenvalue weighted by atomic mass is 32.2. The maximum Gasteiger partial charge on any atom is 0.315 e. The van der Waals surface area contributed by atoms with Crippen LogP contribution in [0, 0.1) is 6.92 Å². The van der Waals surface area contributed by atoms with Crippen molar-refractivity contribution < 1.29 is 17.7 Å². The third-order valence-corrected chi connectivity index (χ3v) is 8.23. The van der Waals surface area contributed by atoms with Crippen LogP contribution in [-0.4, -0.2) is 24.9 Å². The van der Waals surface area contributed by atoms with Gasteiger partial charge in [-0.2, -0.15) is 0 Å². The number of amides is 2. The number of fused-ring (bicyclic) bond motifs is 1. The van der Waals surface area contributed by atoms with E-state index in [1.54, 1.807) is 18.4 Å². The summed E-state index contributed by atoms with van der Waals surface area (Å²) in [5.41, 5.74) is 2.39. The first kappa shape index (κ1) is 17.9. The number of carbonyl (C=O) groups excluding carboxylic acids is 1. The third-order valence-electron chi connectivity index (χ3n) is 4.52. The summed E-state index contributed by atoms with van der Waals surface area (Å²) in [4.78, 5) is 12.3. The molecule has 7 nitrogen and oxygen atoms in total. The number of rotatable bonds is 4. The largest absolute Gasteiger partial charge is 0.361 e. The molecule has 3 heterocycles. The molecule has 3 rings (SSSR count). The van der Waals surface area contributed by atoms with Crippen LogP contribution in [0.25, 0.3) is 0 Å². The number of aryl methyl sites for hydroxylation is 2. The molecule has 1 aliphatic heterocycles. The van der Waals surface area contributed by atoms with Gasteiger partial charge in [-0.15, -0.1) is 11.3 Å². The Morgan fingerprint density at radius 1 is 1.48 bits per heavy atom. The van der Waals surface area contributed by atoms with E-state index in [-0.39, 0.29) is 12.1 Å². The molecule has 0 aromatic carbocycles. The van der Waals surface area contributed by atoms with Crippen molar-refractivity contribution in [1.82, 2.24) is 15.8 Å². The van der Waals surface area contributed by atoms with Gasteiger partial charge in [0.15, 0.2) is 9.84 Å². The Morgan fingerprint density at radius 3 is 2.96 bits per heavy atom. The predicted molar refractivity (Wildman–Crippen MR) is 94.3 cm³/mol. The quantitative estimate of drug-likeness (QED) is 0.845. The molecule has 9 heteroatoms. The number of carbonyl (C=O) groups is 1. The lowest BCUT2D eigenvalue weighted by molar-refractivity contribution is 0.235.